The van der Waals surface area contributed by atoms with Crippen molar-refractivity contribution in [2.24, 2.45) is 0 Å². The summed E-state index contributed by atoms with van der Waals surface area (Å²) in [4.78, 5) is 11.8. The van der Waals surface area contributed by atoms with E-state index in [-0.39, 0.29) is 6.42 Å². The van der Waals surface area contributed by atoms with Gasteiger partial charge in [0, 0.05) is 18.2 Å². The van der Waals surface area contributed by atoms with Crippen LogP contribution in [0.5, 0.6) is 0 Å². The van der Waals surface area contributed by atoms with Crippen LogP contribution in [0, 0.1) is 0 Å². The van der Waals surface area contributed by atoms with Crippen LogP contribution in [0.2, 0.25) is 0 Å². The molecule has 1 rings (SSSR count). The Kier molecular flexibility index (Phi) is 3.73. The van der Waals surface area contributed by atoms with Crippen LogP contribution in [-0.4, -0.2) is 44.7 Å². The molecule has 0 saturated carbocycles. The van der Waals surface area contributed by atoms with E-state index in [1.165, 1.54) is 11.3 Å². The molecule has 9 heteroatoms. The van der Waals surface area contributed by atoms with Crippen molar-refractivity contribution in [3.63, 3.8) is 0 Å². The van der Waals surface area contributed by atoms with E-state index in [4.69, 9.17) is 28.1 Å². The molecule has 0 aromatic rings. The maximum atomic E-state index is 11.8. The Morgan fingerprint density at radius 2 is 1.76 bits per heavy atom. The SMILES string of the molecule is CC1(C)C(=O)N(Cl)C(C)(CCS(=O)(=O)O)N1Cl. The van der Waals surface area contributed by atoms with Crippen LogP contribution < -0.4 is 0 Å². The summed E-state index contributed by atoms with van der Waals surface area (Å²) in [6.45, 7) is 4.69. The third-order valence-electron chi connectivity index (χ3n) is 2.87. The topological polar surface area (TPSA) is 77.9 Å². The monoisotopic (exact) mass is 304 g/mol. The van der Waals surface area contributed by atoms with Gasteiger partial charge in [0.05, 0.1) is 5.75 Å². The summed E-state index contributed by atoms with van der Waals surface area (Å²) >= 11 is 11.9. The smallest absolute Gasteiger partial charge is 0.264 e. The molecular weight excluding hydrogens is 291 g/mol. The Morgan fingerprint density at radius 3 is 2.06 bits per heavy atom. The molecule has 1 unspecified atom stereocenters. The molecule has 17 heavy (non-hydrogen) atoms. The standard InChI is InChI=1S/C8H14Cl2N2O4S/c1-7(2)6(13)11(9)8(3,12(7)10)4-5-17(14,15)16/h4-5H2,1-3H3,(H,14,15,16). The molecule has 0 spiro atoms. The molecule has 0 aromatic carbocycles. The van der Waals surface area contributed by atoms with Gasteiger partial charge in [0.25, 0.3) is 16.0 Å². The van der Waals surface area contributed by atoms with Crippen molar-refractivity contribution in [2.45, 2.75) is 38.4 Å². The van der Waals surface area contributed by atoms with Crippen LogP contribution in [0.3, 0.4) is 0 Å². The van der Waals surface area contributed by atoms with Crippen LogP contribution in [0.4, 0.5) is 0 Å². The zero-order valence-corrected chi connectivity index (χ0v) is 12.0. The Hall–Kier alpha value is -0.0800. The molecule has 6 nitrogen and oxygen atoms in total. The number of hydrogen-bond acceptors (Lipinski definition) is 4. The van der Waals surface area contributed by atoms with Crippen molar-refractivity contribution >= 4 is 39.6 Å². The number of nitrogens with zero attached hydrogens (tertiary/aromatic N) is 2. The molecule has 0 bridgehead atoms. The first kappa shape index (κ1) is 15.0. The van der Waals surface area contributed by atoms with Gasteiger partial charge in [-0.25, -0.2) is 4.42 Å². The third kappa shape index (κ3) is 2.53. The van der Waals surface area contributed by atoms with Gasteiger partial charge in [0.15, 0.2) is 0 Å². The zero-order chi connectivity index (χ0) is 13.6. The van der Waals surface area contributed by atoms with E-state index in [0.717, 1.165) is 4.42 Å². The second kappa shape index (κ2) is 4.24. The average molecular weight is 305 g/mol. The Morgan fingerprint density at radius 1 is 1.29 bits per heavy atom. The Bertz CT molecular complexity index is 439. The van der Waals surface area contributed by atoms with E-state index >= 15 is 0 Å². The molecule has 1 aliphatic rings. The lowest BCUT2D eigenvalue weighted by molar-refractivity contribution is -0.129. The van der Waals surface area contributed by atoms with Crippen molar-refractivity contribution in [1.29, 1.82) is 0 Å². The highest BCUT2D eigenvalue weighted by Crippen LogP contribution is 2.43. The highest BCUT2D eigenvalue weighted by molar-refractivity contribution is 7.85. The molecule has 0 aliphatic carbocycles. The number of amides is 1. The van der Waals surface area contributed by atoms with Crippen LogP contribution >= 0.6 is 23.6 Å². The average Bonchev–Trinajstić information content (AvgIpc) is 2.30. The fourth-order valence-corrected chi connectivity index (χ4v) is 3.02. The summed E-state index contributed by atoms with van der Waals surface area (Å²) in [6, 6.07) is 0. The normalized spacial score (nSPS) is 30.0. The van der Waals surface area contributed by atoms with Gasteiger partial charge in [-0.1, -0.05) is 0 Å². The number of hydrogen-bond donors (Lipinski definition) is 1. The van der Waals surface area contributed by atoms with Gasteiger partial charge in [-0.3, -0.25) is 9.35 Å². The summed E-state index contributed by atoms with van der Waals surface area (Å²) in [5.74, 6) is -0.953. The van der Waals surface area contributed by atoms with E-state index in [9.17, 15) is 13.2 Å². The van der Waals surface area contributed by atoms with Gasteiger partial charge >= 0.3 is 0 Å². The maximum absolute atomic E-state index is 11.8. The van der Waals surface area contributed by atoms with E-state index in [2.05, 4.69) is 0 Å². The second-order valence-corrected chi connectivity index (χ2v) is 6.93. The fraction of sp³-hybridized carbons (Fsp3) is 0.875. The second-order valence-electron chi connectivity index (χ2n) is 4.68. The molecule has 100 valence electrons. The highest BCUT2D eigenvalue weighted by atomic mass is 35.5. The molecule has 1 N–H and O–H groups in total. The molecule has 1 heterocycles. The largest absolute Gasteiger partial charge is 0.286 e. The first-order valence-corrected chi connectivity index (χ1v) is 7.13. The van der Waals surface area contributed by atoms with E-state index in [1.54, 1.807) is 13.8 Å². The van der Waals surface area contributed by atoms with E-state index in [0.29, 0.717) is 0 Å². The lowest BCUT2D eigenvalue weighted by Gasteiger charge is -2.35. The molecule has 0 aromatic heterocycles. The lowest BCUT2D eigenvalue weighted by atomic mass is 10.1. The zero-order valence-electron chi connectivity index (χ0n) is 9.64. The molecule has 1 amide bonds. The van der Waals surface area contributed by atoms with Crippen molar-refractivity contribution in [3.8, 4) is 0 Å². The minimum atomic E-state index is -4.13. The molecule has 1 saturated heterocycles. The van der Waals surface area contributed by atoms with Gasteiger partial charge in [-0.15, -0.1) is 0 Å². The Balaban J connectivity index is 3.00. The van der Waals surface area contributed by atoms with Gasteiger partial charge in [-0.2, -0.15) is 12.8 Å². The van der Waals surface area contributed by atoms with Gasteiger partial charge in [-0.05, 0) is 32.5 Å². The highest BCUT2D eigenvalue weighted by Gasteiger charge is 2.58. The van der Waals surface area contributed by atoms with Crippen LogP contribution in [0.1, 0.15) is 27.2 Å². The fourth-order valence-electron chi connectivity index (χ4n) is 1.74. The van der Waals surface area contributed by atoms with Crippen molar-refractivity contribution < 1.29 is 17.8 Å². The molecular formula is C8H14Cl2N2O4S. The number of carbonyl (C=O) groups is 1. The number of carbonyl (C=O) groups excluding carboxylic acids is 1. The summed E-state index contributed by atoms with van der Waals surface area (Å²) in [7, 11) is -4.13. The van der Waals surface area contributed by atoms with Crippen molar-refractivity contribution in [3.05, 3.63) is 0 Å². The predicted octanol–water partition coefficient (Wildman–Crippen LogP) is 1.21. The number of rotatable bonds is 3. The lowest BCUT2D eigenvalue weighted by Crippen LogP contribution is -2.48. The predicted molar refractivity (Wildman–Crippen MR) is 63.9 cm³/mol. The van der Waals surface area contributed by atoms with E-state index in [1.807, 2.05) is 0 Å². The maximum Gasteiger partial charge on any atom is 0.264 e. The van der Waals surface area contributed by atoms with Gasteiger partial charge in [0.1, 0.15) is 11.2 Å². The van der Waals surface area contributed by atoms with Crippen LogP contribution in [0.15, 0.2) is 0 Å². The molecule has 0 radical (unpaired) electrons. The molecule has 1 aliphatic heterocycles. The minimum absolute atomic E-state index is 0.0893. The van der Waals surface area contributed by atoms with Crippen LogP contribution in [0.25, 0.3) is 0 Å². The van der Waals surface area contributed by atoms with Crippen LogP contribution in [-0.2, 0) is 14.9 Å². The summed E-state index contributed by atoms with van der Waals surface area (Å²) < 4.78 is 32.3. The summed E-state index contributed by atoms with van der Waals surface area (Å²) in [5.41, 5.74) is -2.20. The molecule has 1 atom stereocenters. The number of halogens is 2. The minimum Gasteiger partial charge on any atom is -0.286 e. The summed E-state index contributed by atoms with van der Waals surface area (Å²) in [5, 5.41) is 0. The van der Waals surface area contributed by atoms with Gasteiger partial charge in [0.2, 0.25) is 0 Å². The first-order chi connectivity index (χ1) is 7.43. The van der Waals surface area contributed by atoms with E-state index < -0.39 is 33.0 Å². The first-order valence-electron chi connectivity index (χ1n) is 4.84. The van der Waals surface area contributed by atoms with Crippen molar-refractivity contribution in [2.75, 3.05) is 5.75 Å². The molecule has 1 fully saturated rings. The van der Waals surface area contributed by atoms with Gasteiger partial charge < -0.3 is 0 Å². The third-order valence-corrected chi connectivity index (χ3v) is 4.90. The van der Waals surface area contributed by atoms with Crippen molar-refractivity contribution in [1.82, 2.24) is 8.84 Å². The summed E-state index contributed by atoms with van der Waals surface area (Å²) in [6.07, 6.45) is -0.0893. The quantitative estimate of drug-likeness (QED) is 0.626. The Labute approximate surface area is 110 Å².